The van der Waals surface area contributed by atoms with E-state index in [1.165, 1.54) is 5.69 Å². The second kappa shape index (κ2) is 9.38. The Bertz CT molecular complexity index is 1340. The van der Waals surface area contributed by atoms with Crippen molar-refractivity contribution in [1.82, 2.24) is 19.5 Å². The number of fused-ring (bicyclic) bond motifs is 1. The Hall–Kier alpha value is -3.91. The molecule has 2 fully saturated rings. The highest BCUT2D eigenvalue weighted by molar-refractivity contribution is 5.95. The number of hydrogen-bond donors (Lipinski definition) is 1. The maximum atomic E-state index is 12.9. The van der Waals surface area contributed by atoms with Gasteiger partial charge in [0, 0.05) is 48.7 Å². The number of aromatic nitrogens is 3. The van der Waals surface area contributed by atoms with Gasteiger partial charge in [0.1, 0.15) is 0 Å². The van der Waals surface area contributed by atoms with E-state index in [-0.39, 0.29) is 5.91 Å². The van der Waals surface area contributed by atoms with Crippen LogP contribution >= 0.6 is 0 Å². The molecule has 0 aliphatic carbocycles. The SMILES string of the molecule is O=C(c1cccc(-c2ccc3cnc(Nc4ccc(N5CCOCC5)cc4)nn23)c1)N1CCCC1. The molecule has 2 aliphatic heterocycles. The molecule has 1 amide bonds. The van der Waals surface area contributed by atoms with E-state index in [1.54, 1.807) is 6.20 Å². The second-order valence-corrected chi connectivity index (χ2v) is 8.99. The lowest BCUT2D eigenvalue weighted by Crippen LogP contribution is -2.36. The molecule has 0 bridgehead atoms. The minimum atomic E-state index is 0.0997. The predicted octanol–water partition coefficient (Wildman–Crippen LogP) is 4.21. The first-order valence-electron chi connectivity index (χ1n) is 12.2. The molecule has 4 aromatic rings. The maximum Gasteiger partial charge on any atom is 0.253 e. The molecular formula is C27H28N6O2. The van der Waals surface area contributed by atoms with E-state index >= 15 is 0 Å². The van der Waals surface area contributed by atoms with E-state index in [9.17, 15) is 4.79 Å². The number of carbonyl (C=O) groups is 1. The number of carbonyl (C=O) groups excluding carboxylic acids is 1. The molecule has 178 valence electrons. The van der Waals surface area contributed by atoms with Crippen LogP contribution in [0.5, 0.6) is 0 Å². The average Bonchev–Trinajstić information content (AvgIpc) is 3.60. The van der Waals surface area contributed by atoms with Gasteiger partial charge in [-0.25, -0.2) is 9.50 Å². The molecule has 35 heavy (non-hydrogen) atoms. The van der Waals surface area contributed by atoms with Gasteiger partial charge in [-0.05, 0) is 61.4 Å². The van der Waals surface area contributed by atoms with Gasteiger partial charge >= 0.3 is 0 Å². The van der Waals surface area contributed by atoms with E-state index < -0.39 is 0 Å². The number of anilines is 3. The van der Waals surface area contributed by atoms with Crippen molar-refractivity contribution in [1.29, 1.82) is 0 Å². The average molecular weight is 469 g/mol. The molecule has 0 atom stereocenters. The smallest absolute Gasteiger partial charge is 0.253 e. The van der Waals surface area contributed by atoms with Gasteiger partial charge in [0.15, 0.2) is 0 Å². The fourth-order valence-corrected chi connectivity index (χ4v) is 4.80. The molecule has 0 radical (unpaired) electrons. The number of nitrogens with one attached hydrogen (secondary N) is 1. The van der Waals surface area contributed by atoms with Gasteiger partial charge in [-0.1, -0.05) is 12.1 Å². The van der Waals surface area contributed by atoms with Gasteiger partial charge in [-0.3, -0.25) is 4.79 Å². The van der Waals surface area contributed by atoms with Crippen LogP contribution < -0.4 is 10.2 Å². The summed E-state index contributed by atoms with van der Waals surface area (Å²) < 4.78 is 7.32. The summed E-state index contributed by atoms with van der Waals surface area (Å²) in [5, 5.41) is 8.06. The Morgan fingerprint density at radius 2 is 1.71 bits per heavy atom. The van der Waals surface area contributed by atoms with Crippen LogP contribution in [0.3, 0.4) is 0 Å². The molecule has 8 nitrogen and oxygen atoms in total. The molecule has 0 unspecified atom stereocenters. The van der Waals surface area contributed by atoms with E-state index in [0.29, 0.717) is 11.5 Å². The summed E-state index contributed by atoms with van der Waals surface area (Å²) in [6, 6.07) is 20.1. The summed E-state index contributed by atoms with van der Waals surface area (Å²) in [5.74, 6) is 0.612. The van der Waals surface area contributed by atoms with E-state index in [2.05, 4.69) is 27.3 Å². The molecule has 0 spiro atoms. The lowest BCUT2D eigenvalue weighted by Gasteiger charge is -2.28. The Morgan fingerprint density at radius 1 is 0.914 bits per heavy atom. The highest BCUT2D eigenvalue weighted by Crippen LogP contribution is 2.25. The van der Waals surface area contributed by atoms with Crippen molar-refractivity contribution in [2.45, 2.75) is 12.8 Å². The zero-order valence-corrected chi connectivity index (χ0v) is 19.6. The summed E-state index contributed by atoms with van der Waals surface area (Å²) in [5.41, 5.74) is 5.59. The van der Waals surface area contributed by atoms with Crippen LogP contribution in [0.1, 0.15) is 23.2 Å². The fraction of sp³-hybridized carbons (Fsp3) is 0.296. The van der Waals surface area contributed by atoms with Crippen LogP contribution in [0, 0.1) is 0 Å². The molecule has 1 N–H and O–H groups in total. The first-order valence-corrected chi connectivity index (χ1v) is 12.2. The number of nitrogens with zero attached hydrogens (tertiary/aromatic N) is 5. The van der Waals surface area contributed by atoms with Crippen LogP contribution in [0.15, 0.2) is 66.9 Å². The number of benzene rings is 2. The van der Waals surface area contributed by atoms with Crippen LogP contribution in [-0.2, 0) is 4.74 Å². The van der Waals surface area contributed by atoms with Gasteiger partial charge in [0.25, 0.3) is 5.91 Å². The predicted molar refractivity (Wildman–Crippen MR) is 136 cm³/mol. The second-order valence-electron chi connectivity index (χ2n) is 8.99. The third-order valence-corrected chi connectivity index (χ3v) is 6.70. The molecule has 2 aliphatic rings. The van der Waals surface area contributed by atoms with Gasteiger partial charge in [-0.2, -0.15) is 0 Å². The number of likely N-dealkylation sites (tertiary alicyclic amines) is 1. The molecule has 2 aromatic carbocycles. The summed E-state index contributed by atoms with van der Waals surface area (Å²) in [6.07, 6.45) is 3.97. The number of ether oxygens (including phenoxy) is 1. The molecule has 4 heterocycles. The van der Waals surface area contributed by atoms with Crippen LogP contribution in [0.2, 0.25) is 0 Å². The third kappa shape index (κ3) is 4.44. The first kappa shape index (κ1) is 21.6. The van der Waals surface area contributed by atoms with Gasteiger partial charge in [-0.15, -0.1) is 5.10 Å². The molecule has 6 rings (SSSR count). The summed E-state index contributed by atoms with van der Waals surface area (Å²) in [6.45, 7) is 5.03. The highest BCUT2D eigenvalue weighted by atomic mass is 16.5. The summed E-state index contributed by atoms with van der Waals surface area (Å²) in [4.78, 5) is 21.6. The molecule has 8 heteroatoms. The van der Waals surface area contributed by atoms with Gasteiger partial charge in [0.05, 0.1) is 30.6 Å². The van der Waals surface area contributed by atoms with Crippen LogP contribution in [0.4, 0.5) is 17.3 Å². The summed E-state index contributed by atoms with van der Waals surface area (Å²) in [7, 11) is 0. The topological polar surface area (TPSA) is 75.0 Å². The highest BCUT2D eigenvalue weighted by Gasteiger charge is 2.20. The Balaban J connectivity index is 1.24. The molecule has 2 aromatic heterocycles. The third-order valence-electron chi connectivity index (χ3n) is 6.70. The normalized spacial score (nSPS) is 16.1. The van der Waals surface area contributed by atoms with Gasteiger partial charge in [0.2, 0.25) is 5.95 Å². The lowest BCUT2D eigenvalue weighted by molar-refractivity contribution is 0.0793. The number of amides is 1. The van der Waals surface area contributed by atoms with Crippen molar-refractivity contribution >= 4 is 28.7 Å². The first-order chi connectivity index (χ1) is 17.2. The quantitative estimate of drug-likeness (QED) is 0.473. The Morgan fingerprint density at radius 3 is 2.51 bits per heavy atom. The van der Waals surface area contributed by atoms with Crippen molar-refractivity contribution < 1.29 is 9.53 Å². The fourth-order valence-electron chi connectivity index (χ4n) is 4.80. The monoisotopic (exact) mass is 468 g/mol. The Kier molecular flexibility index (Phi) is 5.79. The van der Waals surface area contributed by atoms with Crippen molar-refractivity contribution in [3.63, 3.8) is 0 Å². The zero-order valence-electron chi connectivity index (χ0n) is 19.6. The van der Waals surface area contributed by atoms with Crippen LogP contribution in [-0.4, -0.2) is 64.8 Å². The number of hydrogen-bond acceptors (Lipinski definition) is 6. The molecule has 0 saturated carbocycles. The van der Waals surface area contributed by atoms with Crippen molar-refractivity contribution in [2.24, 2.45) is 0 Å². The largest absolute Gasteiger partial charge is 0.378 e. The van der Waals surface area contributed by atoms with Crippen molar-refractivity contribution in [2.75, 3.05) is 49.6 Å². The molecular weight excluding hydrogens is 440 g/mol. The molecule has 2 saturated heterocycles. The minimum absolute atomic E-state index is 0.0997. The Labute approximate surface area is 204 Å². The standard InChI is InChI=1S/C27H28N6O2/c34-26(32-12-1-2-13-32)21-5-3-4-20(18-21)25-11-10-24-19-28-27(30-33(24)25)29-22-6-8-23(9-7-22)31-14-16-35-17-15-31/h3-11,18-19H,1-2,12-17H2,(H,29,30). The zero-order chi connectivity index (χ0) is 23.6. The summed E-state index contributed by atoms with van der Waals surface area (Å²) >= 11 is 0. The number of rotatable bonds is 5. The van der Waals surface area contributed by atoms with Gasteiger partial charge < -0.3 is 19.9 Å². The van der Waals surface area contributed by atoms with E-state index in [4.69, 9.17) is 9.84 Å². The number of morpholine rings is 1. The van der Waals surface area contributed by atoms with Crippen molar-refractivity contribution in [3.05, 3.63) is 72.4 Å². The van der Waals surface area contributed by atoms with Crippen molar-refractivity contribution in [3.8, 4) is 11.3 Å². The minimum Gasteiger partial charge on any atom is -0.378 e. The maximum absolute atomic E-state index is 12.9. The van der Waals surface area contributed by atoms with E-state index in [1.807, 2.05) is 57.9 Å². The van der Waals surface area contributed by atoms with Crippen LogP contribution in [0.25, 0.3) is 16.8 Å². The lowest BCUT2D eigenvalue weighted by atomic mass is 10.1. The van der Waals surface area contributed by atoms with E-state index in [0.717, 1.165) is 74.7 Å².